The highest BCUT2D eigenvalue weighted by Gasteiger charge is 2.30. The van der Waals surface area contributed by atoms with Gasteiger partial charge in [-0.15, -0.1) is 0 Å². The largest absolute Gasteiger partial charge is 0.329 e. The molecule has 1 saturated heterocycles. The number of aromatic nitrogens is 2. The van der Waals surface area contributed by atoms with Gasteiger partial charge in [0.05, 0.1) is 17.8 Å². The number of hydrogen-bond acceptors (Lipinski definition) is 3. The number of nitrogens with zero attached hydrogens (tertiary/aromatic N) is 3. The van der Waals surface area contributed by atoms with Crippen LogP contribution in [0.2, 0.25) is 0 Å². The monoisotopic (exact) mass is 377 g/mol. The van der Waals surface area contributed by atoms with Crippen molar-refractivity contribution in [3.05, 3.63) is 60.3 Å². The number of H-pyrrole nitrogens is 1. The van der Waals surface area contributed by atoms with Gasteiger partial charge < -0.3 is 10.2 Å². The number of amides is 2. The molecule has 2 amide bonds. The van der Waals surface area contributed by atoms with Crippen LogP contribution in [-0.2, 0) is 0 Å². The van der Waals surface area contributed by atoms with Gasteiger partial charge in [-0.05, 0) is 50.2 Å². The molecule has 1 aliphatic heterocycles. The summed E-state index contributed by atoms with van der Waals surface area (Å²) in [6.07, 6.45) is 5.27. The van der Waals surface area contributed by atoms with Crippen LogP contribution in [0.4, 0.5) is 10.5 Å². The third-order valence-corrected chi connectivity index (χ3v) is 5.77. The van der Waals surface area contributed by atoms with E-state index in [1.54, 1.807) is 11.1 Å². The first kappa shape index (κ1) is 18.5. The third-order valence-electron chi connectivity index (χ3n) is 5.77. The Morgan fingerprint density at radius 2 is 2.07 bits per heavy atom. The van der Waals surface area contributed by atoms with Gasteiger partial charge in [-0.25, -0.2) is 4.79 Å². The molecule has 4 rings (SSSR count). The summed E-state index contributed by atoms with van der Waals surface area (Å²) in [6, 6.07) is 16.3. The van der Waals surface area contributed by atoms with Crippen LogP contribution in [0.3, 0.4) is 0 Å². The zero-order chi connectivity index (χ0) is 19.5. The molecule has 2 aromatic carbocycles. The second-order valence-corrected chi connectivity index (χ2v) is 7.58. The van der Waals surface area contributed by atoms with Crippen molar-refractivity contribution in [2.45, 2.75) is 31.3 Å². The van der Waals surface area contributed by atoms with Crippen LogP contribution in [0.15, 0.2) is 54.7 Å². The Morgan fingerprint density at radius 3 is 2.86 bits per heavy atom. The maximum atomic E-state index is 13.1. The Morgan fingerprint density at radius 1 is 1.25 bits per heavy atom. The maximum absolute atomic E-state index is 13.1. The molecule has 2 heterocycles. The topological polar surface area (TPSA) is 64.3 Å². The number of carbonyl (C=O) groups excluding carboxylic acids is 1. The van der Waals surface area contributed by atoms with E-state index >= 15 is 0 Å². The van der Waals surface area contributed by atoms with E-state index in [9.17, 15) is 4.79 Å². The molecule has 0 aliphatic carbocycles. The lowest BCUT2D eigenvalue weighted by Gasteiger charge is -2.39. The smallest absolute Gasteiger partial charge is 0.322 e. The highest BCUT2D eigenvalue weighted by molar-refractivity contribution is 5.94. The Balaban J connectivity index is 1.57. The molecule has 6 nitrogen and oxygen atoms in total. The van der Waals surface area contributed by atoms with Gasteiger partial charge in [0.1, 0.15) is 0 Å². The molecule has 0 bridgehead atoms. The van der Waals surface area contributed by atoms with E-state index in [1.165, 1.54) is 12.8 Å². The number of benzene rings is 2. The molecule has 0 radical (unpaired) electrons. The number of aromatic amines is 1. The molecule has 1 aliphatic rings. The number of nitrogens with one attached hydrogen (secondary N) is 2. The lowest BCUT2D eigenvalue weighted by molar-refractivity contribution is 0.146. The first-order valence-electron chi connectivity index (χ1n) is 9.86. The molecule has 0 saturated carbocycles. The Bertz CT molecular complexity index is 938. The van der Waals surface area contributed by atoms with Crippen molar-refractivity contribution in [3.8, 4) is 0 Å². The van der Waals surface area contributed by atoms with Gasteiger partial charge in [-0.3, -0.25) is 10.00 Å². The summed E-state index contributed by atoms with van der Waals surface area (Å²) >= 11 is 0. The number of carbonyl (C=O) groups is 1. The average Bonchev–Trinajstić information content (AvgIpc) is 3.20. The summed E-state index contributed by atoms with van der Waals surface area (Å²) in [5.74, 6) is 0. The van der Waals surface area contributed by atoms with E-state index in [2.05, 4.69) is 39.6 Å². The molecular weight excluding hydrogens is 350 g/mol. The predicted octanol–water partition coefficient (Wildman–Crippen LogP) is 3.93. The van der Waals surface area contributed by atoms with E-state index in [-0.39, 0.29) is 12.1 Å². The third kappa shape index (κ3) is 3.73. The van der Waals surface area contributed by atoms with E-state index in [0.717, 1.165) is 35.1 Å². The second-order valence-electron chi connectivity index (χ2n) is 7.58. The van der Waals surface area contributed by atoms with Crippen molar-refractivity contribution < 1.29 is 4.79 Å². The van der Waals surface area contributed by atoms with E-state index in [4.69, 9.17) is 0 Å². The molecule has 146 valence electrons. The fourth-order valence-electron chi connectivity index (χ4n) is 4.07. The van der Waals surface area contributed by atoms with Gasteiger partial charge in [-0.1, -0.05) is 36.8 Å². The van der Waals surface area contributed by atoms with Crippen molar-refractivity contribution in [3.63, 3.8) is 0 Å². The summed E-state index contributed by atoms with van der Waals surface area (Å²) in [5, 5.41) is 11.3. The number of piperidine rings is 1. The number of anilines is 1. The molecule has 1 fully saturated rings. The summed E-state index contributed by atoms with van der Waals surface area (Å²) < 4.78 is 0. The lowest BCUT2D eigenvalue weighted by Crippen LogP contribution is -2.49. The van der Waals surface area contributed by atoms with E-state index < -0.39 is 0 Å². The van der Waals surface area contributed by atoms with Gasteiger partial charge in [0.15, 0.2) is 0 Å². The minimum Gasteiger partial charge on any atom is -0.329 e. The molecule has 0 spiro atoms. The van der Waals surface area contributed by atoms with Crippen molar-refractivity contribution >= 4 is 22.6 Å². The first-order chi connectivity index (χ1) is 13.6. The highest BCUT2D eigenvalue weighted by atomic mass is 16.2. The lowest BCUT2D eigenvalue weighted by atomic mass is 9.91. The second kappa shape index (κ2) is 8.02. The molecule has 6 heteroatoms. The molecule has 1 aromatic heterocycles. The fourth-order valence-corrected chi connectivity index (χ4v) is 4.07. The normalized spacial score (nSPS) is 18.7. The Kier molecular flexibility index (Phi) is 5.30. The number of likely N-dealkylation sites (N-methyl/N-ethyl adjacent to an activating group) is 1. The summed E-state index contributed by atoms with van der Waals surface area (Å²) in [5.41, 5.74) is 2.95. The van der Waals surface area contributed by atoms with Crippen molar-refractivity contribution in [2.24, 2.45) is 0 Å². The molecule has 2 N–H and O–H groups in total. The van der Waals surface area contributed by atoms with Crippen LogP contribution >= 0.6 is 0 Å². The number of hydrogen-bond donors (Lipinski definition) is 2. The SMILES string of the molecule is CN(C(=O)NC(c1ccccc1)C1CCCCN1C)c1ccc2[nH]ncc2c1. The summed E-state index contributed by atoms with van der Waals surface area (Å²) in [4.78, 5) is 17.2. The average molecular weight is 377 g/mol. The van der Waals surface area contributed by atoms with Gasteiger partial charge in [0.25, 0.3) is 0 Å². The van der Waals surface area contributed by atoms with Crippen LogP contribution < -0.4 is 10.2 Å². The first-order valence-corrected chi connectivity index (χ1v) is 9.86. The maximum Gasteiger partial charge on any atom is 0.322 e. The van der Waals surface area contributed by atoms with Crippen LogP contribution in [0.5, 0.6) is 0 Å². The Hall–Kier alpha value is -2.86. The molecule has 2 atom stereocenters. The molecule has 3 aromatic rings. The zero-order valence-electron chi connectivity index (χ0n) is 16.4. The minimum atomic E-state index is -0.101. The standard InChI is InChI=1S/C22H27N5O/c1-26-13-7-6-10-20(26)21(16-8-4-3-5-9-16)24-22(28)27(2)18-11-12-19-17(14-18)15-23-25-19/h3-5,8-9,11-12,14-15,20-21H,6-7,10,13H2,1-2H3,(H,23,25)(H,24,28). The number of fused-ring (bicyclic) bond motifs is 1. The molecule has 2 unspecified atom stereocenters. The number of urea groups is 1. The summed E-state index contributed by atoms with van der Waals surface area (Å²) in [7, 11) is 3.96. The van der Waals surface area contributed by atoms with Crippen LogP contribution in [0.25, 0.3) is 10.9 Å². The molecule has 28 heavy (non-hydrogen) atoms. The predicted molar refractivity (Wildman–Crippen MR) is 112 cm³/mol. The summed E-state index contributed by atoms with van der Waals surface area (Å²) in [6.45, 7) is 1.07. The van der Waals surface area contributed by atoms with Crippen molar-refractivity contribution in [2.75, 3.05) is 25.5 Å². The number of likely N-dealkylation sites (tertiary alicyclic amines) is 1. The van der Waals surface area contributed by atoms with Crippen LogP contribution in [-0.4, -0.2) is 47.8 Å². The Labute approximate surface area is 165 Å². The minimum absolute atomic E-state index is 0.0425. The quantitative estimate of drug-likeness (QED) is 0.724. The van der Waals surface area contributed by atoms with E-state index in [1.807, 2.05) is 43.4 Å². The molecular formula is C22H27N5O. The zero-order valence-corrected chi connectivity index (χ0v) is 16.4. The van der Waals surface area contributed by atoms with Gasteiger partial charge in [0.2, 0.25) is 0 Å². The van der Waals surface area contributed by atoms with E-state index in [0.29, 0.717) is 6.04 Å². The van der Waals surface area contributed by atoms with Crippen LogP contribution in [0.1, 0.15) is 30.9 Å². The highest BCUT2D eigenvalue weighted by Crippen LogP contribution is 2.28. The fraction of sp³-hybridized carbons (Fsp3) is 0.364. The van der Waals surface area contributed by atoms with Crippen molar-refractivity contribution in [1.29, 1.82) is 0 Å². The van der Waals surface area contributed by atoms with Gasteiger partial charge >= 0.3 is 6.03 Å². The van der Waals surface area contributed by atoms with Crippen LogP contribution in [0, 0.1) is 0 Å². The van der Waals surface area contributed by atoms with Gasteiger partial charge in [0, 0.05) is 24.2 Å². The van der Waals surface area contributed by atoms with Gasteiger partial charge in [-0.2, -0.15) is 5.10 Å². The van der Waals surface area contributed by atoms with Crippen molar-refractivity contribution in [1.82, 2.24) is 20.4 Å². The number of rotatable bonds is 4.